The van der Waals surface area contributed by atoms with Crippen LogP contribution in [-0.4, -0.2) is 6.04 Å². The molecule has 6 aromatic carbocycles. The van der Waals surface area contributed by atoms with Crippen LogP contribution < -0.4 is 4.90 Å². The molecule has 11 rings (SSSR count). The zero-order valence-corrected chi connectivity index (χ0v) is 31.6. The lowest BCUT2D eigenvalue weighted by Gasteiger charge is -2.44. The van der Waals surface area contributed by atoms with Crippen LogP contribution in [0.25, 0.3) is 36.5 Å². The molecule has 0 aliphatic heterocycles. The SMILES string of the molecule is C1=CCCC(C2=CCC(N(c3ccc(C4(c5ccccc5)C5=C(CCC=C5)c5cccc6cccc4c56)cc3)c3ccc4c(c3)sc3ccccc34)C=C2)=C1. The van der Waals surface area contributed by atoms with Crippen molar-refractivity contribution in [2.75, 3.05) is 4.90 Å². The molecule has 2 heteroatoms. The molecule has 7 aromatic rings. The van der Waals surface area contributed by atoms with Gasteiger partial charge in [-0.25, -0.2) is 0 Å². The summed E-state index contributed by atoms with van der Waals surface area (Å²) in [5.41, 5.74) is 13.1. The second kappa shape index (κ2) is 13.1. The lowest BCUT2D eigenvalue weighted by molar-refractivity contribution is 0.735. The highest BCUT2D eigenvalue weighted by molar-refractivity contribution is 7.25. The van der Waals surface area contributed by atoms with E-state index in [0.29, 0.717) is 0 Å². The molecule has 0 N–H and O–H groups in total. The highest BCUT2D eigenvalue weighted by Crippen LogP contribution is 2.56. The molecule has 2 atom stereocenters. The molecule has 1 aromatic heterocycles. The zero-order chi connectivity index (χ0) is 36.3. The first-order chi connectivity index (χ1) is 27.3. The first-order valence-corrected chi connectivity index (χ1v) is 20.6. The van der Waals surface area contributed by atoms with Gasteiger partial charge in [-0.2, -0.15) is 0 Å². The van der Waals surface area contributed by atoms with Gasteiger partial charge in [0.05, 0.1) is 11.5 Å². The number of thiophene rings is 1. The Morgan fingerprint density at radius 1 is 0.636 bits per heavy atom. The Morgan fingerprint density at radius 2 is 1.42 bits per heavy atom. The van der Waals surface area contributed by atoms with Gasteiger partial charge in [-0.15, -0.1) is 11.3 Å². The van der Waals surface area contributed by atoms with E-state index in [4.69, 9.17) is 0 Å². The lowest BCUT2D eigenvalue weighted by Crippen LogP contribution is -2.35. The van der Waals surface area contributed by atoms with Crippen molar-refractivity contribution in [1.82, 2.24) is 0 Å². The molecule has 1 heterocycles. The van der Waals surface area contributed by atoms with E-state index in [1.807, 2.05) is 11.3 Å². The van der Waals surface area contributed by atoms with Crippen LogP contribution in [0.4, 0.5) is 11.4 Å². The minimum atomic E-state index is -0.439. The van der Waals surface area contributed by atoms with E-state index in [9.17, 15) is 0 Å². The minimum absolute atomic E-state index is 0.190. The Bertz CT molecular complexity index is 2830. The summed E-state index contributed by atoms with van der Waals surface area (Å²) >= 11 is 1.89. The predicted octanol–water partition coefficient (Wildman–Crippen LogP) is 14.3. The van der Waals surface area contributed by atoms with Crippen molar-refractivity contribution in [1.29, 1.82) is 0 Å². The number of allylic oxidation sites excluding steroid dienone is 10. The minimum Gasteiger partial charge on any atom is -0.334 e. The fraction of sp³-hybridized carbons (Fsp3) is 0.132. The number of rotatable bonds is 6. The van der Waals surface area contributed by atoms with Crippen LogP contribution in [0.15, 0.2) is 199 Å². The number of anilines is 2. The largest absolute Gasteiger partial charge is 0.334 e. The Morgan fingerprint density at radius 3 is 2.25 bits per heavy atom. The van der Waals surface area contributed by atoms with Crippen LogP contribution in [0.2, 0.25) is 0 Å². The molecule has 0 spiro atoms. The summed E-state index contributed by atoms with van der Waals surface area (Å²) in [5, 5.41) is 5.38. The van der Waals surface area contributed by atoms with E-state index >= 15 is 0 Å². The van der Waals surface area contributed by atoms with E-state index in [1.54, 1.807) is 0 Å². The summed E-state index contributed by atoms with van der Waals surface area (Å²) in [6.45, 7) is 0. The van der Waals surface area contributed by atoms with Gasteiger partial charge in [0.25, 0.3) is 0 Å². The topological polar surface area (TPSA) is 3.24 Å². The van der Waals surface area contributed by atoms with Crippen molar-refractivity contribution in [3.8, 4) is 0 Å². The summed E-state index contributed by atoms with van der Waals surface area (Å²) < 4.78 is 2.67. The van der Waals surface area contributed by atoms with Gasteiger partial charge in [-0.05, 0) is 118 Å². The molecule has 1 nitrogen and oxygen atoms in total. The fourth-order valence-corrected chi connectivity index (χ4v) is 11.1. The molecule has 4 aliphatic rings. The van der Waals surface area contributed by atoms with Gasteiger partial charge >= 0.3 is 0 Å². The third-order valence-electron chi connectivity index (χ3n) is 12.4. The van der Waals surface area contributed by atoms with Crippen molar-refractivity contribution in [3.05, 3.63) is 221 Å². The summed E-state index contributed by atoms with van der Waals surface area (Å²) in [5.74, 6) is 0. The summed E-state index contributed by atoms with van der Waals surface area (Å²) in [6, 6.07) is 50.8. The maximum atomic E-state index is 2.57. The first kappa shape index (κ1) is 32.5. The Labute approximate surface area is 327 Å². The molecule has 0 saturated heterocycles. The van der Waals surface area contributed by atoms with E-state index in [1.165, 1.54) is 86.9 Å². The van der Waals surface area contributed by atoms with Crippen LogP contribution in [0.1, 0.15) is 54.4 Å². The van der Waals surface area contributed by atoms with Crippen molar-refractivity contribution in [3.63, 3.8) is 0 Å². The Kier molecular flexibility index (Phi) is 7.74. The predicted molar refractivity (Wildman–Crippen MR) is 236 cm³/mol. The maximum absolute atomic E-state index is 2.57. The van der Waals surface area contributed by atoms with E-state index < -0.39 is 5.41 Å². The number of fused-ring (bicyclic) bond motifs is 4. The number of nitrogens with zero attached hydrogens (tertiary/aromatic N) is 1. The van der Waals surface area contributed by atoms with Crippen LogP contribution in [0.3, 0.4) is 0 Å². The third-order valence-corrected chi connectivity index (χ3v) is 13.6. The molecule has 0 radical (unpaired) electrons. The highest BCUT2D eigenvalue weighted by Gasteiger charge is 2.45. The average molecular weight is 724 g/mol. The highest BCUT2D eigenvalue weighted by atomic mass is 32.1. The van der Waals surface area contributed by atoms with Gasteiger partial charge < -0.3 is 4.90 Å². The average Bonchev–Trinajstić information content (AvgIpc) is 3.63. The molecule has 0 saturated carbocycles. The van der Waals surface area contributed by atoms with Gasteiger partial charge in [-0.3, -0.25) is 0 Å². The summed E-state index contributed by atoms with van der Waals surface area (Å²) in [4.78, 5) is 2.57. The van der Waals surface area contributed by atoms with Crippen molar-refractivity contribution >= 4 is 59.2 Å². The standard InChI is InChI=1S/C53H41NS/c1-3-13-36(14-4-1)37-25-29-41(30-26-37)54(43-33-34-46-45-20-8-10-24-50(45)55-51(46)35-43)42-31-27-40(28-32-42)53(39-17-5-2-6-18-39)48-22-9-7-19-44(48)47-21-11-15-38-16-12-23-49(53)52(38)47/h1-3,5-6,8-13,15-18,20-29,31-35,41H,4,7,14,19,30H2. The first-order valence-electron chi connectivity index (χ1n) is 19.8. The van der Waals surface area contributed by atoms with Crippen molar-refractivity contribution < 1.29 is 0 Å². The normalized spacial score (nSPS) is 20.2. The third kappa shape index (κ3) is 5.12. The lowest BCUT2D eigenvalue weighted by atomic mass is 9.58. The molecule has 4 aliphatic carbocycles. The quantitative estimate of drug-likeness (QED) is 0.165. The van der Waals surface area contributed by atoms with Crippen LogP contribution in [0.5, 0.6) is 0 Å². The Hall–Kier alpha value is -5.96. The molecule has 0 fully saturated rings. The molecule has 0 amide bonds. The van der Waals surface area contributed by atoms with Crippen LogP contribution >= 0.6 is 11.3 Å². The summed E-state index contributed by atoms with van der Waals surface area (Å²) in [7, 11) is 0. The molecule has 55 heavy (non-hydrogen) atoms. The fourth-order valence-electron chi connectivity index (χ4n) is 9.97. The van der Waals surface area contributed by atoms with Gasteiger partial charge in [0.1, 0.15) is 0 Å². The number of hydrogen-bond donors (Lipinski definition) is 0. The van der Waals surface area contributed by atoms with E-state index in [0.717, 1.165) is 32.1 Å². The van der Waals surface area contributed by atoms with Gasteiger partial charge in [0, 0.05) is 31.5 Å². The van der Waals surface area contributed by atoms with Crippen molar-refractivity contribution in [2.24, 2.45) is 0 Å². The second-order valence-corrected chi connectivity index (χ2v) is 16.4. The second-order valence-electron chi connectivity index (χ2n) is 15.3. The maximum Gasteiger partial charge on any atom is 0.0710 e. The monoisotopic (exact) mass is 723 g/mol. The van der Waals surface area contributed by atoms with Gasteiger partial charge in [0.2, 0.25) is 0 Å². The van der Waals surface area contributed by atoms with E-state index in [2.05, 4.69) is 187 Å². The molecule has 2 unspecified atom stereocenters. The van der Waals surface area contributed by atoms with Crippen LogP contribution in [0, 0.1) is 0 Å². The number of benzene rings is 6. The summed E-state index contributed by atoms with van der Waals surface area (Å²) in [6.07, 6.45) is 24.2. The van der Waals surface area contributed by atoms with Crippen molar-refractivity contribution in [2.45, 2.75) is 43.6 Å². The zero-order valence-electron chi connectivity index (χ0n) is 30.8. The van der Waals surface area contributed by atoms with Gasteiger partial charge in [-0.1, -0.05) is 152 Å². The Balaban J connectivity index is 1.08. The molecule has 264 valence electrons. The van der Waals surface area contributed by atoms with Gasteiger partial charge in [0.15, 0.2) is 0 Å². The molecular weight excluding hydrogens is 683 g/mol. The number of hydrogen-bond acceptors (Lipinski definition) is 2. The van der Waals surface area contributed by atoms with E-state index in [-0.39, 0.29) is 6.04 Å². The molecule has 0 bridgehead atoms. The van der Waals surface area contributed by atoms with Crippen LogP contribution in [-0.2, 0) is 5.41 Å². The smallest absolute Gasteiger partial charge is 0.0710 e. The molecular formula is C53H41NS.